The number of nitrogens with one attached hydrogen (secondary N) is 2. The molecule has 1 aromatic heterocycles. The number of carbonyl (C=O) groups is 2. The van der Waals surface area contributed by atoms with E-state index in [4.69, 9.17) is 0 Å². The Kier molecular flexibility index (Phi) is 5.85. The standard InChI is InChI=1S/C16H19N3O4/c1-23-15(21)7-4-10-17-14(20)9-8-13-18-12-6-3-2-5-11(12)16(22)19-13/h2-3,5-6H,4,7-10H2,1H3,(H,17,20)(H,18,19,22). The summed E-state index contributed by atoms with van der Waals surface area (Å²) in [5.74, 6) is 0.0428. The molecule has 23 heavy (non-hydrogen) atoms. The van der Waals surface area contributed by atoms with Crippen molar-refractivity contribution in [2.45, 2.75) is 25.7 Å². The van der Waals surface area contributed by atoms with Crippen molar-refractivity contribution in [1.29, 1.82) is 0 Å². The number of ether oxygens (including phenoxy) is 1. The van der Waals surface area contributed by atoms with Crippen LogP contribution in [0.5, 0.6) is 0 Å². The summed E-state index contributed by atoms with van der Waals surface area (Å²) in [6.45, 7) is 0.412. The predicted molar refractivity (Wildman–Crippen MR) is 84.9 cm³/mol. The van der Waals surface area contributed by atoms with E-state index in [0.29, 0.717) is 36.1 Å². The van der Waals surface area contributed by atoms with Crippen LogP contribution in [0.15, 0.2) is 29.1 Å². The molecule has 0 saturated carbocycles. The Morgan fingerprint density at radius 1 is 1.26 bits per heavy atom. The highest BCUT2D eigenvalue weighted by Gasteiger charge is 2.07. The van der Waals surface area contributed by atoms with Crippen LogP contribution in [-0.4, -0.2) is 35.5 Å². The molecule has 0 aliphatic carbocycles. The summed E-state index contributed by atoms with van der Waals surface area (Å²) in [5.41, 5.74) is 0.411. The van der Waals surface area contributed by atoms with Gasteiger partial charge in [-0.3, -0.25) is 14.4 Å². The summed E-state index contributed by atoms with van der Waals surface area (Å²) in [6.07, 6.45) is 1.38. The number of aromatic amines is 1. The molecule has 0 bridgehead atoms. The van der Waals surface area contributed by atoms with Crippen LogP contribution >= 0.6 is 0 Å². The molecular weight excluding hydrogens is 298 g/mol. The molecule has 0 spiro atoms. The number of H-pyrrole nitrogens is 1. The maximum atomic E-state index is 11.9. The fourth-order valence-electron chi connectivity index (χ4n) is 2.14. The number of carbonyl (C=O) groups excluding carboxylic acids is 2. The summed E-state index contributed by atoms with van der Waals surface area (Å²) >= 11 is 0. The van der Waals surface area contributed by atoms with Crippen LogP contribution < -0.4 is 10.9 Å². The third-order valence-electron chi connectivity index (χ3n) is 3.36. The van der Waals surface area contributed by atoms with Gasteiger partial charge in [0.05, 0.1) is 18.0 Å². The van der Waals surface area contributed by atoms with Crippen LogP contribution in [0.2, 0.25) is 0 Å². The van der Waals surface area contributed by atoms with Crippen molar-refractivity contribution >= 4 is 22.8 Å². The second kappa shape index (κ2) is 8.07. The van der Waals surface area contributed by atoms with Crippen LogP contribution in [0, 0.1) is 0 Å². The van der Waals surface area contributed by atoms with Crippen molar-refractivity contribution in [3.8, 4) is 0 Å². The first-order valence-corrected chi connectivity index (χ1v) is 7.41. The Balaban J connectivity index is 1.82. The predicted octanol–water partition coefficient (Wildman–Crippen LogP) is 0.925. The van der Waals surface area contributed by atoms with E-state index in [-0.39, 0.29) is 30.3 Å². The summed E-state index contributed by atoms with van der Waals surface area (Å²) in [4.78, 5) is 41.6. The number of aryl methyl sites for hydroxylation is 1. The Labute approximate surface area is 133 Å². The highest BCUT2D eigenvalue weighted by Crippen LogP contribution is 2.06. The molecule has 0 aliphatic rings. The van der Waals surface area contributed by atoms with Gasteiger partial charge in [0.15, 0.2) is 0 Å². The fraction of sp³-hybridized carbons (Fsp3) is 0.375. The zero-order valence-corrected chi connectivity index (χ0v) is 12.9. The Bertz CT molecular complexity index is 754. The first-order valence-electron chi connectivity index (χ1n) is 7.41. The first kappa shape index (κ1) is 16.7. The molecule has 0 unspecified atom stereocenters. The minimum atomic E-state index is -0.294. The Hall–Kier alpha value is -2.70. The molecule has 1 heterocycles. The number of esters is 1. The summed E-state index contributed by atoms with van der Waals surface area (Å²) in [7, 11) is 1.33. The van der Waals surface area contributed by atoms with Gasteiger partial charge in [0.1, 0.15) is 5.82 Å². The van der Waals surface area contributed by atoms with Gasteiger partial charge in [-0.15, -0.1) is 0 Å². The second-order valence-corrected chi connectivity index (χ2v) is 5.06. The number of amides is 1. The minimum absolute atomic E-state index is 0.148. The molecule has 0 radical (unpaired) electrons. The molecule has 0 fully saturated rings. The number of methoxy groups -OCH3 is 1. The molecule has 1 amide bonds. The van der Waals surface area contributed by atoms with Gasteiger partial charge < -0.3 is 15.0 Å². The number of rotatable bonds is 7. The monoisotopic (exact) mass is 317 g/mol. The minimum Gasteiger partial charge on any atom is -0.469 e. The second-order valence-electron chi connectivity index (χ2n) is 5.06. The Morgan fingerprint density at radius 2 is 2.04 bits per heavy atom. The van der Waals surface area contributed by atoms with E-state index in [1.54, 1.807) is 18.2 Å². The van der Waals surface area contributed by atoms with Crippen molar-refractivity contribution in [1.82, 2.24) is 15.3 Å². The molecule has 7 nitrogen and oxygen atoms in total. The Morgan fingerprint density at radius 3 is 2.83 bits per heavy atom. The van der Waals surface area contributed by atoms with Gasteiger partial charge in [-0.1, -0.05) is 12.1 Å². The average Bonchev–Trinajstić information content (AvgIpc) is 2.56. The van der Waals surface area contributed by atoms with Gasteiger partial charge in [-0.25, -0.2) is 4.98 Å². The fourth-order valence-corrected chi connectivity index (χ4v) is 2.14. The lowest BCUT2D eigenvalue weighted by molar-refractivity contribution is -0.140. The van der Waals surface area contributed by atoms with E-state index in [2.05, 4.69) is 20.0 Å². The molecular formula is C16H19N3O4. The van der Waals surface area contributed by atoms with Crippen molar-refractivity contribution < 1.29 is 14.3 Å². The smallest absolute Gasteiger partial charge is 0.305 e. The largest absolute Gasteiger partial charge is 0.469 e. The third-order valence-corrected chi connectivity index (χ3v) is 3.36. The van der Waals surface area contributed by atoms with E-state index in [1.807, 2.05) is 6.07 Å². The molecule has 1 aromatic carbocycles. The van der Waals surface area contributed by atoms with Crippen LogP contribution in [0.25, 0.3) is 10.9 Å². The summed E-state index contributed by atoms with van der Waals surface area (Å²) in [5, 5.41) is 3.25. The molecule has 0 aliphatic heterocycles. The van der Waals surface area contributed by atoms with E-state index < -0.39 is 0 Å². The van der Waals surface area contributed by atoms with Crippen molar-refractivity contribution in [2.24, 2.45) is 0 Å². The molecule has 7 heteroatoms. The zero-order valence-electron chi connectivity index (χ0n) is 12.9. The summed E-state index contributed by atoms with van der Waals surface area (Å²) < 4.78 is 4.52. The van der Waals surface area contributed by atoms with Gasteiger partial charge in [0, 0.05) is 25.8 Å². The molecule has 2 N–H and O–H groups in total. The molecule has 2 rings (SSSR count). The van der Waals surface area contributed by atoms with Gasteiger partial charge >= 0.3 is 5.97 Å². The van der Waals surface area contributed by atoms with Gasteiger partial charge in [-0.05, 0) is 18.6 Å². The molecule has 2 aromatic rings. The molecule has 0 saturated heterocycles. The highest BCUT2D eigenvalue weighted by atomic mass is 16.5. The van der Waals surface area contributed by atoms with E-state index in [1.165, 1.54) is 7.11 Å². The normalized spacial score (nSPS) is 10.5. The van der Waals surface area contributed by atoms with Crippen molar-refractivity contribution in [2.75, 3.05) is 13.7 Å². The number of fused-ring (bicyclic) bond motifs is 1. The zero-order chi connectivity index (χ0) is 16.7. The number of benzene rings is 1. The number of para-hydroxylation sites is 1. The number of hydrogen-bond donors (Lipinski definition) is 2. The number of nitrogens with zero attached hydrogens (tertiary/aromatic N) is 1. The maximum absolute atomic E-state index is 11.9. The quantitative estimate of drug-likeness (QED) is 0.584. The lowest BCUT2D eigenvalue weighted by atomic mass is 10.2. The van der Waals surface area contributed by atoms with Crippen molar-refractivity contribution in [3.05, 3.63) is 40.4 Å². The third kappa shape index (κ3) is 4.91. The van der Waals surface area contributed by atoms with Crippen LogP contribution in [-0.2, 0) is 20.7 Å². The van der Waals surface area contributed by atoms with Gasteiger partial charge in [0.2, 0.25) is 5.91 Å². The number of hydrogen-bond acceptors (Lipinski definition) is 5. The topological polar surface area (TPSA) is 101 Å². The van der Waals surface area contributed by atoms with E-state index in [9.17, 15) is 14.4 Å². The highest BCUT2D eigenvalue weighted by molar-refractivity contribution is 5.78. The van der Waals surface area contributed by atoms with Crippen LogP contribution in [0.3, 0.4) is 0 Å². The first-order chi connectivity index (χ1) is 11.1. The lowest BCUT2D eigenvalue weighted by Crippen LogP contribution is -2.25. The van der Waals surface area contributed by atoms with Crippen molar-refractivity contribution in [3.63, 3.8) is 0 Å². The van der Waals surface area contributed by atoms with Gasteiger partial charge in [-0.2, -0.15) is 0 Å². The number of aromatic nitrogens is 2. The summed E-state index contributed by atoms with van der Waals surface area (Å²) in [6, 6.07) is 7.06. The van der Waals surface area contributed by atoms with Crippen LogP contribution in [0.4, 0.5) is 0 Å². The van der Waals surface area contributed by atoms with E-state index >= 15 is 0 Å². The molecule has 0 atom stereocenters. The molecule has 122 valence electrons. The SMILES string of the molecule is COC(=O)CCCNC(=O)CCc1nc2ccccc2c(=O)[nH]1. The lowest BCUT2D eigenvalue weighted by Gasteiger charge is -2.05. The maximum Gasteiger partial charge on any atom is 0.305 e. The average molecular weight is 317 g/mol. The van der Waals surface area contributed by atoms with E-state index in [0.717, 1.165) is 0 Å². The van der Waals surface area contributed by atoms with Gasteiger partial charge in [0.25, 0.3) is 5.56 Å². The van der Waals surface area contributed by atoms with Crippen LogP contribution in [0.1, 0.15) is 25.1 Å².